The van der Waals surface area contributed by atoms with E-state index in [1.165, 1.54) is 13.3 Å². The minimum absolute atomic E-state index is 0.192. The van der Waals surface area contributed by atoms with Gasteiger partial charge in [-0.2, -0.15) is 0 Å². The van der Waals surface area contributed by atoms with Crippen molar-refractivity contribution >= 4 is 28.3 Å². The summed E-state index contributed by atoms with van der Waals surface area (Å²) in [6.45, 7) is 0. The topological polar surface area (TPSA) is 86.8 Å². The van der Waals surface area contributed by atoms with Crippen LogP contribution in [0.15, 0.2) is 24.4 Å². The minimum Gasteiger partial charge on any atom is -0.497 e. The molecule has 1 aromatic carbocycles. The predicted molar refractivity (Wildman–Crippen MR) is 90.0 cm³/mol. The molecule has 0 saturated heterocycles. The summed E-state index contributed by atoms with van der Waals surface area (Å²) in [5.41, 5.74) is 0.927. The predicted octanol–water partition coefficient (Wildman–Crippen LogP) is 2.52. The molecule has 7 nitrogen and oxygen atoms in total. The molecule has 1 heterocycles. The maximum Gasteiger partial charge on any atom is 0.349 e. The van der Waals surface area contributed by atoms with Gasteiger partial charge in [-0.15, -0.1) is 0 Å². The number of esters is 1. The molecule has 1 amide bonds. The second kappa shape index (κ2) is 8.30. The summed E-state index contributed by atoms with van der Waals surface area (Å²) < 4.78 is 15.0. The van der Waals surface area contributed by atoms with Crippen molar-refractivity contribution in [2.24, 2.45) is 0 Å². The van der Waals surface area contributed by atoms with Gasteiger partial charge in [-0.3, -0.25) is 4.79 Å². The van der Waals surface area contributed by atoms with Gasteiger partial charge in [0.1, 0.15) is 16.4 Å². The third-order valence-corrected chi connectivity index (χ3v) is 4.08. The fourth-order valence-corrected chi connectivity index (χ4v) is 2.73. The van der Waals surface area contributed by atoms with Crippen LogP contribution in [0.1, 0.15) is 21.7 Å². The van der Waals surface area contributed by atoms with Crippen LogP contribution in [0.5, 0.6) is 11.5 Å². The van der Waals surface area contributed by atoms with Gasteiger partial charge < -0.3 is 19.5 Å². The highest BCUT2D eigenvalue weighted by atomic mass is 32.1. The summed E-state index contributed by atoms with van der Waals surface area (Å²) in [5, 5.41) is 3.03. The van der Waals surface area contributed by atoms with E-state index in [1.807, 2.05) is 12.1 Å². The fraction of sp³-hybridized carbons (Fsp3) is 0.312. The molecule has 1 N–H and O–H groups in total. The zero-order valence-electron chi connectivity index (χ0n) is 13.6. The van der Waals surface area contributed by atoms with Gasteiger partial charge in [0.2, 0.25) is 5.91 Å². The number of ether oxygens (including phenoxy) is 3. The molecule has 0 saturated carbocycles. The first-order chi connectivity index (χ1) is 11.5. The van der Waals surface area contributed by atoms with Gasteiger partial charge in [-0.25, -0.2) is 9.78 Å². The molecule has 0 bridgehead atoms. The van der Waals surface area contributed by atoms with Gasteiger partial charge in [0.15, 0.2) is 5.13 Å². The van der Waals surface area contributed by atoms with Gasteiger partial charge >= 0.3 is 5.97 Å². The molecule has 8 heteroatoms. The van der Waals surface area contributed by atoms with Crippen LogP contribution in [0.25, 0.3) is 0 Å². The van der Waals surface area contributed by atoms with Crippen molar-refractivity contribution in [2.75, 3.05) is 26.6 Å². The summed E-state index contributed by atoms with van der Waals surface area (Å²) in [6, 6.07) is 5.48. The lowest BCUT2D eigenvalue weighted by Gasteiger charge is -2.08. The normalized spacial score (nSPS) is 10.1. The highest BCUT2D eigenvalue weighted by Gasteiger charge is 2.12. The van der Waals surface area contributed by atoms with Gasteiger partial charge in [-0.1, -0.05) is 11.3 Å². The van der Waals surface area contributed by atoms with Gasteiger partial charge in [-0.05, 0) is 24.1 Å². The number of anilines is 1. The molecule has 24 heavy (non-hydrogen) atoms. The van der Waals surface area contributed by atoms with Crippen LogP contribution in [0.2, 0.25) is 0 Å². The number of nitrogens with one attached hydrogen (secondary N) is 1. The Morgan fingerprint density at radius 2 is 1.79 bits per heavy atom. The number of carbonyl (C=O) groups excluding carboxylic acids is 2. The zero-order chi connectivity index (χ0) is 17.5. The maximum atomic E-state index is 12.0. The number of methoxy groups -OCH3 is 3. The molecule has 2 aromatic rings. The van der Waals surface area contributed by atoms with Crippen LogP contribution in [0.3, 0.4) is 0 Å². The number of aromatic nitrogens is 1. The number of hydrogen-bond donors (Lipinski definition) is 1. The van der Waals surface area contributed by atoms with Crippen LogP contribution >= 0.6 is 11.3 Å². The lowest BCUT2D eigenvalue weighted by molar-refractivity contribution is -0.116. The van der Waals surface area contributed by atoms with Crippen molar-refractivity contribution in [1.29, 1.82) is 0 Å². The lowest BCUT2D eigenvalue weighted by atomic mass is 10.1. The van der Waals surface area contributed by atoms with E-state index in [1.54, 1.807) is 20.3 Å². The highest BCUT2D eigenvalue weighted by Crippen LogP contribution is 2.24. The number of nitrogens with zero attached hydrogens (tertiary/aromatic N) is 1. The number of amides is 1. The quantitative estimate of drug-likeness (QED) is 0.772. The molecule has 0 unspecified atom stereocenters. The van der Waals surface area contributed by atoms with Gasteiger partial charge in [0, 0.05) is 12.5 Å². The molecule has 0 spiro atoms. The first kappa shape index (κ1) is 17.7. The van der Waals surface area contributed by atoms with E-state index in [0.29, 0.717) is 27.9 Å². The Morgan fingerprint density at radius 3 is 2.38 bits per heavy atom. The second-order valence-electron chi connectivity index (χ2n) is 4.79. The van der Waals surface area contributed by atoms with Crippen molar-refractivity contribution < 1.29 is 23.8 Å². The van der Waals surface area contributed by atoms with Crippen LogP contribution in [-0.2, 0) is 16.0 Å². The van der Waals surface area contributed by atoms with Gasteiger partial charge in [0.25, 0.3) is 0 Å². The maximum absolute atomic E-state index is 12.0. The Balaban J connectivity index is 1.93. The van der Waals surface area contributed by atoms with Crippen LogP contribution in [0, 0.1) is 0 Å². The summed E-state index contributed by atoms with van der Waals surface area (Å²) in [5.74, 6) is 0.679. The van der Waals surface area contributed by atoms with Crippen molar-refractivity contribution in [1.82, 2.24) is 4.98 Å². The number of rotatable bonds is 7. The minimum atomic E-state index is -0.475. The van der Waals surface area contributed by atoms with E-state index in [2.05, 4.69) is 15.0 Å². The van der Waals surface area contributed by atoms with Gasteiger partial charge in [0.05, 0.1) is 27.5 Å². The largest absolute Gasteiger partial charge is 0.497 e. The van der Waals surface area contributed by atoms with E-state index in [0.717, 1.165) is 16.9 Å². The molecule has 1 aromatic heterocycles. The van der Waals surface area contributed by atoms with Crippen LogP contribution in [-0.4, -0.2) is 38.2 Å². The Hall–Kier alpha value is -2.61. The lowest BCUT2D eigenvalue weighted by Crippen LogP contribution is -2.12. The summed E-state index contributed by atoms with van der Waals surface area (Å²) in [7, 11) is 4.45. The van der Waals surface area contributed by atoms with Crippen LogP contribution < -0.4 is 14.8 Å². The van der Waals surface area contributed by atoms with E-state index in [9.17, 15) is 9.59 Å². The van der Waals surface area contributed by atoms with E-state index < -0.39 is 5.97 Å². The molecule has 2 rings (SSSR count). The molecular weight excluding hydrogens is 332 g/mol. The van der Waals surface area contributed by atoms with E-state index >= 15 is 0 Å². The summed E-state index contributed by atoms with van der Waals surface area (Å²) >= 11 is 1.07. The monoisotopic (exact) mass is 350 g/mol. The average Bonchev–Trinajstić information content (AvgIpc) is 3.07. The molecule has 0 atom stereocenters. The third kappa shape index (κ3) is 4.69. The number of hydrogen-bond acceptors (Lipinski definition) is 7. The Bertz CT molecular complexity index is 707. The Morgan fingerprint density at radius 1 is 1.12 bits per heavy atom. The molecule has 128 valence electrons. The Labute approximate surface area is 143 Å². The average molecular weight is 350 g/mol. The highest BCUT2D eigenvalue weighted by molar-refractivity contribution is 7.17. The number of carbonyl (C=O) groups is 2. The fourth-order valence-electron chi connectivity index (χ4n) is 1.98. The molecule has 0 aliphatic rings. The van der Waals surface area contributed by atoms with Crippen LogP contribution in [0.4, 0.5) is 5.13 Å². The SMILES string of the molecule is COC(=O)c1cnc(NC(=O)CCc2cc(OC)cc(OC)c2)s1. The van der Waals surface area contributed by atoms with Crippen molar-refractivity contribution in [3.05, 3.63) is 34.8 Å². The standard InChI is InChI=1S/C16H18N2O5S/c1-21-11-6-10(7-12(8-11)22-2)4-5-14(19)18-16-17-9-13(24-16)15(20)23-3/h6-9H,4-5H2,1-3H3,(H,17,18,19). The first-order valence-electron chi connectivity index (χ1n) is 7.11. The molecule has 0 aliphatic heterocycles. The smallest absolute Gasteiger partial charge is 0.349 e. The number of aryl methyl sites for hydroxylation is 1. The summed E-state index contributed by atoms with van der Waals surface area (Å²) in [4.78, 5) is 27.7. The van der Waals surface area contributed by atoms with E-state index in [4.69, 9.17) is 9.47 Å². The molecule has 0 radical (unpaired) electrons. The van der Waals surface area contributed by atoms with E-state index in [-0.39, 0.29) is 12.3 Å². The second-order valence-corrected chi connectivity index (χ2v) is 5.82. The summed E-state index contributed by atoms with van der Waals surface area (Å²) in [6.07, 6.45) is 2.16. The number of benzene rings is 1. The Kier molecular flexibility index (Phi) is 6.14. The zero-order valence-corrected chi connectivity index (χ0v) is 14.4. The third-order valence-electron chi connectivity index (χ3n) is 3.19. The van der Waals surface area contributed by atoms with Crippen molar-refractivity contribution in [3.63, 3.8) is 0 Å². The van der Waals surface area contributed by atoms with Crippen molar-refractivity contribution in [2.45, 2.75) is 12.8 Å². The first-order valence-corrected chi connectivity index (χ1v) is 7.93. The molecular formula is C16H18N2O5S. The number of thiazole rings is 1. The van der Waals surface area contributed by atoms with Crippen molar-refractivity contribution in [3.8, 4) is 11.5 Å². The molecule has 0 aliphatic carbocycles. The molecule has 0 fully saturated rings.